The zero-order valence-corrected chi connectivity index (χ0v) is 12.5. The second-order valence-corrected chi connectivity index (χ2v) is 5.07. The van der Waals surface area contributed by atoms with E-state index in [4.69, 9.17) is 28.3 Å². The van der Waals surface area contributed by atoms with Gasteiger partial charge >= 0.3 is 5.97 Å². The van der Waals surface area contributed by atoms with Crippen molar-refractivity contribution in [3.8, 4) is 0 Å². The zero-order chi connectivity index (χ0) is 13.1. The van der Waals surface area contributed by atoms with E-state index < -0.39 is 5.97 Å². The lowest BCUT2D eigenvalue weighted by atomic mass is 10.2. The van der Waals surface area contributed by atoms with Crippen molar-refractivity contribution in [3.05, 3.63) is 28.2 Å². The molecule has 19 heavy (non-hydrogen) atoms. The second-order valence-electron chi connectivity index (χ2n) is 4.26. The van der Waals surface area contributed by atoms with Gasteiger partial charge < -0.3 is 10.0 Å². The lowest BCUT2D eigenvalue weighted by Gasteiger charge is -2.35. The van der Waals surface area contributed by atoms with Gasteiger partial charge in [-0.1, -0.05) is 23.2 Å². The number of hydrogen-bond acceptors (Lipinski definition) is 3. The topological polar surface area (TPSA) is 43.8 Å². The highest BCUT2D eigenvalue weighted by Crippen LogP contribution is 2.27. The summed E-state index contributed by atoms with van der Waals surface area (Å²) >= 11 is 11.9. The molecule has 2 rings (SSSR count). The van der Waals surface area contributed by atoms with E-state index >= 15 is 0 Å². The molecule has 0 amide bonds. The predicted molar refractivity (Wildman–Crippen MR) is 80.0 cm³/mol. The Labute approximate surface area is 128 Å². The maximum absolute atomic E-state index is 10.6. The molecule has 1 aliphatic rings. The second kappa shape index (κ2) is 7.20. The summed E-state index contributed by atoms with van der Waals surface area (Å²) in [5.41, 5.74) is 1.03. The van der Waals surface area contributed by atoms with E-state index in [9.17, 15) is 4.79 Å². The number of carboxylic acids is 1. The van der Waals surface area contributed by atoms with Crippen LogP contribution in [0.5, 0.6) is 0 Å². The van der Waals surface area contributed by atoms with E-state index in [0.29, 0.717) is 10.0 Å². The van der Waals surface area contributed by atoms with Crippen molar-refractivity contribution < 1.29 is 9.90 Å². The molecule has 1 aliphatic heterocycles. The molecule has 0 aliphatic carbocycles. The molecule has 0 atom stereocenters. The van der Waals surface area contributed by atoms with Gasteiger partial charge in [0.25, 0.3) is 0 Å². The van der Waals surface area contributed by atoms with Gasteiger partial charge in [-0.2, -0.15) is 0 Å². The van der Waals surface area contributed by atoms with Crippen LogP contribution in [0.2, 0.25) is 10.0 Å². The zero-order valence-electron chi connectivity index (χ0n) is 10.2. The first-order valence-corrected chi connectivity index (χ1v) is 6.46. The van der Waals surface area contributed by atoms with E-state index in [1.54, 1.807) is 6.07 Å². The SMILES string of the molecule is Cl.O=C(O)CN1CCN(c2ccc(Cl)c(Cl)c2)CC1. The van der Waals surface area contributed by atoms with Gasteiger partial charge in [0, 0.05) is 31.9 Å². The Morgan fingerprint density at radius 2 is 1.79 bits per heavy atom. The first-order valence-electron chi connectivity index (χ1n) is 5.70. The standard InChI is InChI=1S/C12H14Cl2N2O2.ClH/c13-10-2-1-9(7-11(10)14)16-5-3-15(4-6-16)8-12(17)18;/h1-2,7H,3-6,8H2,(H,17,18);1H. The van der Waals surface area contributed by atoms with E-state index in [1.165, 1.54) is 0 Å². The highest BCUT2D eigenvalue weighted by Gasteiger charge is 2.19. The summed E-state index contributed by atoms with van der Waals surface area (Å²) in [6, 6.07) is 5.56. The first-order chi connectivity index (χ1) is 8.56. The fourth-order valence-electron chi connectivity index (χ4n) is 2.04. The predicted octanol–water partition coefficient (Wildman–Crippen LogP) is 2.62. The highest BCUT2D eigenvalue weighted by atomic mass is 35.5. The van der Waals surface area contributed by atoms with Crippen LogP contribution in [-0.4, -0.2) is 48.7 Å². The van der Waals surface area contributed by atoms with Crippen molar-refractivity contribution in [2.45, 2.75) is 0 Å². The third-order valence-electron chi connectivity index (χ3n) is 3.00. The lowest BCUT2D eigenvalue weighted by molar-refractivity contribution is -0.138. The van der Waals surface area contributed by atoms with Crippen LogP contribution in [0.15, 0.2) is 18.2 Å². The molecule has 1 aromatic rings. The molecule has 106 valence electrons. The van der Waals surface area contributed by atoms with Crippen LogP contribution in [0.4, 0.5) is 5.69 Å². The summed E-state index contributed by atoms with van der Waals surface area (Å²) < 4.78 is 0. The molecule has 1 fully saturated rings. The average molecular weight is 326 g/mol. The summed E-state index contributed by atoms with van der Waals surface area (Å²) in [7, 11) is 0. The van der Waals surface area contributed by atoms with Crippen LogP contribution in [0.3, 0.4) is 0 Å². The Morgan fingerprint density at radius 3 is 2.32 bits per heavy atom. The minimum Gasteiger partial charge on any atom is -0.480 e. The molecular formula is C12H15Cl3N2O2. The molecule has 1 saturated heterocycles. The van der Waals surface area contributed by atoms with Crippen LogP contribution in [-0.2, 0) is 4.79 Å². The number of aliphatic carboxylic acids is 1. The molecule has 1 heterocycles. The molecule has 0 aromatic heterocycles. The lowest BCUT2D eigenvalue weighted by Crippen LogP contribution is -2.47. The number of carbonyl (C=O) groups is 1. The molecule has 0 saturated carbocycles. The van der Waals surface area contributed by atoms with Gasteiger partial charge in [0.2, 0.25) is 0 Å². The summed E-state index contributed by atoms with van der Waals surface area (Å²) in [6.07, 6.45) is 0. The molecule has 0 spiro atoms. The minimum absolute atomic E-state index is 0. The third-order valence-corrected chi connectivity index (χ3v) is 3.74. The van der Waals surface area contributed by atoms with Crippen LogP contribution in [0.25, 0.3) is 0 Å². The van der Waals surface area contributed by atoms with E-state index in [-0.39, 0.29) is 19.0 Å². The Hall–Kier alpha value is -0.680. The van der Waals surface area contributed by atoms with Gasteiger partial charge in [-0.15, -0.1) is 12.4 Å². The Kier molecular flexibility index (Phi) is 6.20. The molecule has 0 radical (unpaired) electrons. The van der Waals surface area contributed by atoms with Gasteiger partial charge in [-0.25, -0.2) is 0 Å². The van der Waals surface area contributed by atoms with E-state index in [1.807, 2.05) is 17.0 Å². The number of anilines is 1. The van der Waals surface area contributed by atoms with Crippen molar-refractivity contribution >= 4 is 47.3 Å². The molecule has 0 bridgehead atoms. The van der Waals surface area contributed by atoms with Crippen molar-refractivity contribution in [2.75, 3.05) is 37.6 Å². The van der Waals surface area contributed by atoms with Crippen LogP contribution in [0, 0.1) is 0 Å². The van der Waals surface area contributed by atoms with Crippen molar-refractivity contribution in [3.63, 3.8) is 0 Å². The number of halogens is 3. The van der Waals surface area contributed by atoms with E-state index in [0.717, 1.165) is 31.9 Å². The van der Waals surface area contributed by atoms with Crippen LogP contribution in [0.1, 0.15) is 0 Å². The molecular weight excluding hydrogens is 311 g/mol. The molecule has 4 nitrogen and oxygen atoms in total. The normalized spacial score (nSPS) is 16.0. The Morgan fingerprint density at radius 1 is 1.16 bits per heavy atom. The summed E-state index contributed by atoms with van der Waals surface area (Å²) in [5.74, 6) is -0.780. The molecule has 1 N–H and O–H groups in total. The molecule has 0 unspecified atom stereocenters. The quantitative estimate of drug-likeness (QED) is 0.928. The minimum atomic E-state index is -0.780. The fourth-order valence-corrected chi connectivity index (χ4v) is 2.33. The van der Waals surface area contributed by atoms with Gasteiger partial charge in [0.15, 0.2) is 0 Å². The van der Waals surface area contributed by atoms with Gasteiger partial charge in [0.1, 0.15) is 0 Å². The number of hydrogen-bond donors (Lipinski definition) is 1. The largest absolute Gasteiger partial charge is 0.480 e. The smallest absolute Gasteiger partial charge is 0.317 e. The number of benzene rings is 1. The van der Waals surface area contributed by atoms with Gasteiger partial charge in [-0.05, 0) is 18.2 Å². The maximum Gasteiger partial charge on any atom is 0.317 e. The average Bonchev–Trinajstić information content (AvgIpc) is 2.33. The van der Waals surface area contributed by atoms with Crippen LogP contribution >= 0.6 is 35.6 Å². The Balaban J connectivity index is 0.00000180. The fraction of sp³-hybridized carbons (Fsp3) is 0.417. The van der Waals surface area contributed by atoms with Crippen LogP contribution < -0.4 is 4.90 Å². The summed E-state index contributed by atoms with van der Waals surface area (Å²) in [6.45, 7) is 3.19. The molecule has 7 heteroatoms. The third kappa shape index (κ3) is 4.42. The highest BCUT2D eigenvalue weighted by molar-refractivity contribution is 6.42. The van der Waals surface area contributed by atoms with Crippen molar-refractivity contribution in [1.29, 1.82) is 0 Å². The Bertz CT molecular complexity index is 449. The summed E-state index contributed by atoms with van der Waals surface area (Å²) in [4.78, 5) is 14.7. The van der Waals surface area contributed by atoms with E-state index in [2.05, 4.69) is 4.90 Å². The first kappa shape index (κ1) is 16.4. The van der Waals surface area contributed by atoms with Gasteiger partial charge in [0.05, 0.1) is 16.6 Å². The molecule has 1 aromatic carbocycles. The monoisotopic (exact) mass is 324 g/mol. The number of rotatable bonds is 3. The number of nitrogens with zero attached hydrogens (tertiary/aromatic N) is 2. The number of carboxylic acid groups (broad SMARTS) is 1. The van der Waals surface area contributed by atoms with Crippen molar-refractivity contribution in [1.82, 2.24) is 4.90 Å². The number of piperazine rings is 1. The maximum atomic E-state index is 10.6. The van der Waals surface area contributed by atoms with Crippen molar-refractivity contribution in [2.24, 2.45) is 0 Å². The van der Waals surface area contributed by atoms with Gasteiger partial charge in [-0.3, -0.25) is 9.69 Å². The summed E-state index contributed by atoms with van der Waals surface area (Å²) in [5, 5.41) is 9.82.